The van der Waals surface area contributed by atoms with E-state index in [0.717, 1.165) is 22.1 Å². The van der Waals surface area contributed by atoms with Gasteiger partial charge in [-0.05, 0) is 42.3 Å². The molecular formula is C24H27BrFN3O3. The summed E-state index contributed by atoms with van der Waals surface area (Å²) >= 11 is 3.44. The van der Waals surface area contributed by atoms with Crippen LogP contribution in [-0.2, 0) is 15.1 Å². The Balaban J connectivity index is 1.53. The lowest BCUT2D eigenvalue weighted by Gasteiger charge is -2.44. The van der Waals surface area contributed by atoms with Crippen molar-refractivity contribution < 1.29 is 18.7 Å². The average molecular weight is 504 g/mol. The fourth-order valence-corrected chi connectivity index (χ4v) is 4.70. The number of nitrogens with one attached hydrogen (secondary N) is 1. The number of rotatable bonds is 6. The highest BCUT2D eigenvalue weighted by atomic mass is 79.9. The van der Waals surface area contributed by atoms with Crippen LogP contribution in [-0.4, -0.2) is 54.5 Å². The van der Waals surface area contributed by atoms with Gasteiger partial charge in [0, 0.05) is 43.5 Å². The lowest BCUT2D eigenvalue weighted by Crippen LogP contribution is -2.52. The van der Waals surface area contributed by atoms with Crippen molar-refractivity contribution in [2.24, 2.45) is 0 Å². The molecule has 2 fully saturated rings. The number of carbonyl (C=O) groups excluding carboxylic acids is 2. The van der Waals surface area contributed by atoms with Crippen LogP contribution in [0.4, 0.5) is 9.18 Å². The topological polar surface area (TPSA) is 61.9 Å². The van der Waals surface area contributed by atoms with E-state index in [2.05, 4.69) is 26.1 Å². The number of cyclic esters (lactones) is 1. The van der Waals surface area contributed by atoms with Gasteiger partial charge in [0.05, 0.1) is 12.6 Å². The number of halogens is 2. The first-order valence-electron chi connectivity index (χ1n) is 10.9. The summed E-state index contributed by atoms with van der Waals surface area (Å²) in [6.07, 6.45) is 0.746. The van der Waals surface area contributed by atoms with Gasteiger partial charge in [-0.15, -0.1) is 0 Å². The molecule has 0 unspecified atom stereocenters. The number of nitrogens with zero attached hydrogens (tertiary/aromatic N) is 2. The Kier molecular flexibility index (Phi) is 6.81. The van der Waals surface area contributed by atoms with Gasteiger partial charge >= 0.3 is 6.09 Å². The van der Waals surface area contributed by atoms with Crippen LogP contribution in [0.2, 0.25) is 0 Å². The summed E-state index contributed by atoms with van der Waals surface area (Å²) in [7, 11) is 0. The van der Waals surface area contributed by atoms with E-state index in [1.807, 2.05) is 31.2 Å². The van der Waals surface area contributed by atoms with Crippen LogP contribution < -0.4 is 5.32 Å². The van der Waals surface area contributed by atoms with Crippen LogP contribution in [0.3, 0.4) is 0 Å². The fraction of sp³-hybridized carbons (Fsp3) is 0.417. The number of hydrogen-bond acceptors (Lipinski definition) is 4. The average Bonchev–Trinajstić information content (AvgIpc) is 2.78. The van der Waals surface area contributed by atoms with Gasteiger partial charge < -0.3 is 15.0 Å². The number of carbonyl (C=O) groups is 2. The quantitative estimate of drug-likeness (QED) is 0.641. The molecule has 2 aliphatic heterocycles. The number of hydrogen-bond donors (Lipinski definition) is 1. The first-order valence-corrected chi connectivity index (χ1v) is 11.7. The van der Waals surface area contributed by atoms with Gasteiger partial charge in [0.15, 0.2) is 0 Å². The molecule has 4 rings (SSSR count). The molecule has 0 aromatic heterocycles. The third kappa shape index (κ3) is 4.96. The molecule has 2 aromatic carbocycles. The van der Waals surface area contributed by atoms with Gasteiger partial charge in [-0.25, -0.2) is 9.18 Å². The van der Waals surface area contributed by atoms with E-state index >= 15 is 0 Å². The molecule has 2 atom stereocenters. The molecule has 1 N–H and O–H groups in total. The zero-order valence-corrected chi connectivity index (χ0v) is 19.6. The largest absolute Gasteiger partial charge is 0.438 e. The van der Waals surface area contributed by atoms with Crippen LogP contribution in [0.25, 0.3) is 0 Å². The molecule has 2 amide bonds. The summed E-state index contributed by atoms with van der Waals surface area (Å²) in [6, 6.07) is 14.0. The second-order valence-corrected chi connectivity index (χ2v) is 9.33. The van der Waals surface area contributed by atoms with E-state index in [-0.39, 0.29) is 23.9 Å². The molecule has 0 radical (unpaired) electrons. The number of benzene rings is 2. The Morgan fingerprint density at radius 1 is 1.12 bits per heavy atom. The van der Waals surface area contributed by atoms with Gasteiger partial charge in [0.1, 0.15) is 11.4 Å². The van der Waals surface area contributed by atoms with E-state index in [4.69, 9.17) is 4.74 Å². The van der Waals surface area contributed by atoms with Crippen molar-refractivity contribution in [2.75, 3.05) is 32.7 Å². The lowest BCUT2D eigenvalue weighted by molar-refractivity contribution is -0.124. The van der Waals surface area contributed by atoms with E-state index in [1.54, 1.807) is 17.0 Å². The smallest absolute Gasteiger partial charge is 0.411 e. The summed E-state index contributed by atoms with van der Waals surface area (Å²) in [5, 5.41) is 2.82. The minimum absolute atomic E-state index is 0.00205. The highest BCUT2D eigenvalue weighted by molar-refractivity contribution is 9.10. The number of ether oxygens (including phenoxy) is 1. The number of amides is 2. The molecule has 170 valence electrons. The zero-order chi connectivity index (χ0) is 22.7. The third-order valence-electron chi connectivity index (χ3n) is 6.41. The van der Waals surface area contributed by atoms with Crippen molar-refractivity contribution in [1.82, 2.24) is 15.1 Å². The molecule has 2 saturated heterocycles. The maximum absolute atomic E-state index is 13.6. The molecule has 2 aliphatic rings. The maximum atomic E-state index is 13.6. The highest BCUT2D eigenvalue weighted by Gasteiger charge is 2.43. The van der Waals surface area contributed by atoms with Crippen LogP contribution >= 0.6 is 15.9 Å². The first-order chi connectivity index (χ1) is 15.4. The summed E-state index contributed by atoms with van der Waals surface area (Å²) in [5.74, 6) is -0.327. The standard InChI is InChI=1S/C24H27BrFN3O3/c1-17(18-2-6-20(25)7-3-18)29-14-11-24(32-23(29)31,19-4-8-21(26)9-5-19)10-13-28-15-12-27-22(30)16-28/h2-9,17H,10-16H2,1H3,(H,27,30)/t17-,24+/m0/s1. The third-order valence-corrected chi connectivity index (χ3v) is 6.94. The van der Waals surface area contributed by atoms with Gasteiger partial charge in [0.2, 0.25) is 5.91 Å². The Bertz CT molecular complexity index is 969. The van der Waals surface area contributed by atoms with Crippen molar-refractivity contribution >= 4 is 27.9 Å². The number of piperazine rings is 1. The molecule has 0 spiro atoms. The predicted octanol–water partition coefficient (Wildman–Crippen LogP) is 4.21. The second kappa shape index (κ2) is 9.58. The van der Waals surface area contributed by atoms with Gasteiger partial charge in [-0.3, -0.25) is 9.69 Å². The minimum Gasteiger partial charge on any atom is -0.438 e. The maximum Gasteiger partial charge on any atom is 0.411 e. The van der Waals surface area contributed by atoms with Crippen LogP contribution in [0.5, 0.6) is 0 Å². The summed E-state index contributed by atoms with van der Waals surface area (Å²) < 4.78 is 20.7. The molecule has 0 bridgehead atoms. The zero-order valence-electron chi connectivity index (χ0n) is 18.0. The summed E-state index contributed by atoms with van der Waals surface area (Å²) in [4.78, 5) is 28.7. The normalized spacial score (nSPS) is 22.9. The van der Waals surface area contributed by atoms with Crippen LogP contribution in [0.15, 0.2) is 53.0 Å². The first kappa shape index (κ1) is 22.7. The van der Waals surface area contributed by atoms with Gasteiger partial charge in [0.25, 0.3) is 0 Å². The van der Waals surface area contributed by atoms with E-state index in [9.17, 15) is 14.0 Å². The van der Waals surface area contributed by atoms with Crippen molar-refractivity contribution in [1.29, 1.82) is 0 Å². The molecule has 8 heteroatoms. The fourth-order valence-electron chi connectivity index (χ4n) is 4.44. The van der Waals surface area contributed by atoms with Crippen molar-refractivity contribution in [3.8, 4) is 0 Å². The SMILES string of the molecule is C[C@@H](c1ccc(Br)cc1)N1CC[C@](CCN2CCNC(=O)C2)(c2ccc(F)cc2)OC1=O. The minimum atomic E-state index is -0.853. The molecule has 6 nitrogen and oxygen atoms in total. The molecule has 2 heterocycles. The Labute approximate surface area is 195 Å². The van der Waals surface area contributed by atoms with Crippen molar-refractivity contribution in [3.05, 3.63) is 69.9 Å². The van der Waals surface area contributed by atoms with Crippen LogP contribution in [0.1, 0.15) is 36.9 Å². The van der Waals surface area contributed by atoms with Gasteiger partial charge in [-0.2, -0.15) is 0 Å². The Morgan fingerprint density at radius 2 is 1.84 bits per heavy atom. The van der Waals surface area contributed by atoms with Gasteiger partial charge in [-0.1, -0.05) is 40.2 Å². The van der Waals surface area contributed by atoms with E-state index < -0.39 is 5.60 Å². The molecule has 0 aliphatic carbocycles. The molecule has 0 saturated carbocycles. The molecule has 2 aromatic rings. The predicted molar refractivity (Wildman–Crippen MR) is 123 cm³/mol. The van der Waals surface area contributed by atoms with Crippen LogP contribution in [0, 0.1) is 5.82 Å². The van der Waals surface area contributed by atoms with E-state index in [0.29, 0.717) is 39.0 Å². The van der Waals surface area contributed by atoms with E-state index in [1.165, 1.54) is 12.1 Å². The summed E-state index contributed by atoms with van der Waals surface area (Å²) in [6.45, 7) is 4.82. The lowest BCUT2D eigenvalue weighted by atomic mass is 9.85. The molecule has 32 heavy (non-hydrogen) atoms. The summed E-state index contributed by atoms with van der Waals surface area (Å²) in [5.41, 5.74) is 0.956. The monoisotopic (exact) mass is 503 g/mol. The highest BCUT2D eigenvalue weighted by Crippen LogP contribution is 2.40. The molecular weight excluding hydrogens is 477 g/mol. The van der Waals surface area contributed by atoms with Crippen molar-refractivity contribution in [2.45, 2.75) is 31.4 Å². The van der Waals surface area contributed by atoms with Crippen molar-refractivity contribution in [3.63, 3.8) is 0 Å². The Morgan fingerprint density at radius 3 is 2.50 bits per heavy atom. The second-order valence-electron chi connectivity index (χ2n) is 8.42. The Hall–Kier alpha value is -2.45.